The van der Waals surface area contributed by atoms with Crippen LogP contribution in [0.2, 0.25) is 0 Å². The fourth-order valence-electron chi connectivity index (χ4n) is 8.95. The van der Waals surface area contributed by atoms with Crippen LogP contribution < -0.4 is 5.73 Å². The highest BCUT2D eigenvalue weighted by Gasteiger charge is 2.32. The van der Waals surface area contributed by atoms with E-state index in [0.29, 0.717) is 0 Å². The number of hydrogen-bond donors (Lipinski definition) is 1. The van der Waals surface area contributed by atoms with Gasteiger partial charge in [0.1, 0.15) is 0 Å². The number of halogens is 1. The number of unbranched alkanes of at least 4 members (excludes halogenated alkanes) is 36. The molecule has 0 aliphatic heterocycles. The van der Waals surface area contributed by atoms with E-state index >= 15 is 0 Å². The van der Waals surface area contributed by atoms with E-state index in [1.165, 1.54) is 283 Å². The summed E-state index contributed by atoms with van der Waals surface area (Å²) in [5.74, 6) is 0.741. The van der Waals surface area contributed by atoms with Crippen molar-refractivity contribution < 1.29 is 0 Å². The molecule has 2 N–H and O–H groups in total. The summed E-state index contributed by atoms with van der Waals surface area (Å²) < 4.78 is 0. The average molecular weight is 846 g/mol. The quantitative estimate of drug-likeness (QED) is 0.0480. The molecule has 0 aliphatic carbocycles. The molecule has 1 atom stereocenters. The minimum atomic E-state index is 0. The first-order valence-corrected chi connectivity index (χ1v) is 24.9. The highest BCUT2D eigenvalue weighted by atomic mass is 127. The van der Waals surface area contributed by atoms with Gasteiger partial charge < -0.3 is 5.73 Å². The molecule has 0 fully saturated rings. The second kappa shape index (κ2) is 46.1. The molecule has 0 amide bonds. The van der Waals surface area contributed by atoms with E-state index in [1.807, 2.05) is 0 Å². The fourth-order valence-corrected chi connectivity index (χ4v) is 8.95. The van der Waals surface area contributed by atoms with Gasteiger partial charge in [0.05, 0.1) is 0 Å². The van der Waals surface area contributed by atoms with Crippen LogP contribution in [0.5, 0.6) is 0 Å². The fraction of sp³-hybridized carbons (Fsp3) is 1.00. The molecule has 0 aromatic carbocycles. The molecule has 0 aromatic rings. The maximum Gasteiger partial charge on any atom is 0.0182 e. The second-order valence-corrected chi connectivity index (χ2v) is 17.7. The van der Waals surface area contributed by atoms with Gasteiger partial charge >= 0.3 is 0 Å². The van der Waals surface area contributed by atoms with Crippen molar-refractivity contribution >= 4 is 24.0 Å². The number of rotatable bonds is 45. The van der Waals surface area contributed by atoms with Gasteiger partial charge in [0.15, 0.2) is 0 Å². The third kappa shape index (κ3) is 38.9. The first-order chi connectivity index (χ1) is 25.1. The lowest BCUT2D eigenvalue weighted by atomic mass is 9.72. The van der Waals surface area contributed by atoms with Gasteiger partial charge in [-0.3, -0.25) is 0 Å². The second-order valence-electron chi connectivity index (χ2n) is 17.7. The van der Waals surface area contributed by atoms with Crippen molar-refractivity contribution in [1.29, 1.82) is 0 Å². The largest absolute Gasteiger partial charge is 0.325 e. The molecule has 0 spiro atoms. The zero-order chi connectivity index (χ0) is 37.2. The van der Waals surface area contributed by atoms with Gasteiger partial charge in [-0.15, -0.1) is 24.0 Å². The first kappa shape index (κ1) is 54.8. The minimum Gasteiger partial charge on any atom is -0.325 e. The normalized spacial score (nSPS) is 12.4. The standard InChI is InChI=1S/C50H103N.HI/c1-5-9-12-15-18-21-24-27-30-33-36-39-42-46-49(45-8-4)50(51,47-43-40-37-34-31-28-25-22-19-16-13-10-6-2)48-44-41-38-35-32-29-26-23-20-17-14-11-7-3;/h49H,5-48,51H2,1-4H3;1H. The smallest absolute Gasteiger partial charge is 0.0182 e. The lowest BCUT2D eigenvalue weighted by Crippen LogP contribution is -2.47. The van der Waals surface area contributed by atoms with Crippen LogP contribution in [0.25, 0.3) is 0 Å². The molecular formula is C50H104IN. The average Bonchev–Trinajstić information content (AvgIpc) is 3.13. The summed E-state index contributed by atoms with van der Waals surface area (Å²) in [5.41, 5.74) is 7.64. The third-order valence-corrected chi connectivity index (χ3v) is 12.6. The van der Waals surface area contributed by atoms with Crippen LogP contribution in [-0.4, -0.2) is 5.54 Å². The number of hydrogen-bond acceptors (Lipinski definition) is 1. The molecule has 0 saturated heterocycles. The van der Waals surface area contributed by atoms with Crippen LogP contribution >= 0.6 is 24.0 Å². The molecule has 2 heteroatoms. The summed E-state index contributed by atoms with van der Waals surface area (Å²) in [4.78, 5) is 0. The van der Waals surface area contributed by atoms with Gasteiger partial charge in [0.2, 0.25) is 0 Å². The molecule has 0 rings (SSSR count). The van der Waals surface area contributed by atoms with Gasteiger partial charge in [-0.05, 0) is 31.6 Å². The molecule has 1 unspecified atom stereocenters. The van der Waals surface area contributed by atoms with Crippen LogP contribution in [-0.2, 0) is 0 Å². The Morgan fingerprint density at radius 1 is 0.269 bits per heavy atom. The molecule has 0 heterocycles. The molecule has 0 bridgehead atoms. The zero-order valence-electron chi connectivity index (χ0n) is 37.2. The van der Waals surface area contributed by atoms with Crippen molar-refractivity contribution in [2.24, 2.45) is 11.7 Å². The van der Waals surface area contributed by atoms with Crippen LogP contribution in [0.1, 0.15) is 310 Å². The van der Waals surface area contributed by atoms with Crippen molar-refractivity contribution in [3.8, 4) is 0 Å². The van der Waals surface area contributed by atoms with Gasteiger partial charge in [0.25, 0.3) is 0 Å². The predicted octanol–water partition coefficient (Wildman–Crippen LogP) is 19.2. The van der Waals surface area contributed by atoms with Crippen LogP contribution in [0, 0.1) is 5.92 Å². The van der Waals surface area contributed by atoms with Crippen LogP contribution in [0.3, 0.4) is 0 Å². The Labute approximate surface area is 349 Å². The SMILES string of the molecule is CCCCCCCCCCCCCCCC(CCC)C(N)(CCCCCCCCCCCCCCC)CCCCCCCCCCCCCCC.I. The van der Waals surface area contributed by atoms with Crippen LogP contribution in [0.15, 0.2) is 0 Å². The molecule has 1 nitrogen and oxygen atoms in total. The number of nitrogens with two attached hydrogens (primary N) is 1. The molecule has 0 aromatic heterocycles. The predicted molar refractivity (Wildman–Crippen MR) is 252 cm³/mol. The van der Waals surface area contributed by atoms with Gasteiger partial charge in [-0.2, -0.15) is 0 Å². The van der Waals surface area contributed by atoms with Gasteiger partial charge in [-0.25, -0.2) is 0 Å². The minimum absolute atomic E-state index is 0. The van der Waals surface area contributed by atoms with Gasteiger partial charge in [-0.1, -0.05) is 285 Å². The summed E-state index contributed by atoms with van der Waals surface area (Å²) in [5, 5.41) is 0. The van der Waals surface area contributed by atoms with E-state index < -0.39 is 0 Å². The summed E-state index contributed by atoms with van der Waals surface area (Å²) >= 11 is 0. The molecule has 316 valence electrons. The summed E-state index contributed by atoms with van der Waals surface area (Å²) in [6.07, 6.45) is 62.8. The van der Waals surface area contributed by atoms with Crippen molar-refractivity contribution in [1.82, 2.24) is 0 Å². The van der Waals surface area contributed by atoms with Crippen molar-refractivity contribution in [3.05, 3.63) is 0 Å². The Bertz CT molecular complexity index is 589. The lowest BCUT2D eigenvalue weighted by molar-refractivity contribution is 0.192. The Morgan fingerprint density at radius 2 is 0.481 bits per heavy atom. The molecule has 52 heavy (non-hydrogen) atoms. The summed E-state index contributed by atoms with van der Waals surface area (Å²) in [7, 11) is 0. The summed E-state index contributed by atoms with van der Waals surface area (Å²) in [6.45, 7) is 9.36. The lowest BCUT2D eigenvalue weighted by Gasteiger charge is -2.39. The maximum absolute atomic E-state index is 7.55. The van der Waals surface area contributed by atoms with E-state index in [-0.39, 0.29) is 29.5 Å². The topological polar surface area (TPSA) is 26.0 Å². The monoisotopic (exact) mass is 846 g/mol. The molecule has 0 radical (unpaired) electrons. The first-order valence-electron chi connectivity index (χ1n) is 24.9. The molecule has 0 saturated carbocycles. The Balaban J connectivity index is 0. The van der Waals surface area contributed by atoms with E-state index in [1.54, 1.807) is 0 Å². The maximum atomic E-state index is 7.55. The van der Waals surface area contributed by atoms with Crippen LogP contribution in [0.4, 0.5) is 0 Å². The molecule has 0 aliphatic rings. The van der Waals surface area contributed by atoms with E-state index in [2.05, 4.69) is 27.7 Å². The van der Waals surface area contributed by atoms with Gasteiger partial charge in [0, 0.05) is 5.54 Å². The van der Waals surface area contributed by atoms with Crippen molar-refractivity contribution in [3.63, 3.8) is 0 Å². The van der Waals surface area contributed by atoms with Crippen molar-refractivity contribution in [2.75, 3.05) is 0 Å². The van der Waals surface area contributed by atoms with Crippen molar-refractivity contribution in [2.45, 2.75) is 316 Å². The van der Waals surface area contributed by atoms with E-state index in [9.17, 15) is 0 Å². The Morgan fingerprint density at radius 3 is 0.712 bits per heavy atom. The highest BCUT2D eigenvalue weighted by molar-refractivity contribution is 14.0. The zero-order valence-corrected chi connectivity index (χ0v) is 39.5. The van der Waals surface area contributed by atoms with E-state index in [0.717, 1.165) is 5.92 Å². The van der Waals surface area contributed by atoms with E-state index in [4.69, 9.17) is 5.73 Å². The summed E-state index contributed by atoms with van der Waals surface area (Å²) in [6, 6.07) is 0. The Hall–Kier alpha value is 0.690. The third-order valence-electron chi connectivity index (χ3n) is 12.6. The highest BCUT2D eigenvalue weighted by Crippen LogP contribution is 2.35. The Kier molecular flexibility index (Phi) is 48.5. The molecular weight excluding hydrogens is 741 g/mol.